The minimum absolute atomic E-state index is 0.134. The molecule has 5 N–H and O–H groups in total. The van der Waals surface area contributed by atoms with E-state index in [1.165, 1.54) is 6.92 Å². The lowest BCUT2D eigenvalue weighted by Gasteiger charge is -2.27. The van der Waals surface area contributed by atoms with Gasteiger partial charge in [0.15, 0.2) is 17.0 Å². The summed E-state index contributed by atoms with van der Waals surface area (Å²) in [6, 6.07) is -1.36. The largest absolute Gasteiger partial charge is 0.465 e. The lowest BCUT2D eigenvalue weighted by molar-refractivity contribution is -0.146. The second kappa shape index (κ2) is 13.8. The average Bonchev–Trinajstić information content (AvgIpc) is 3.61. The van der Waals surface area contributed by atoms with Gasteiger partial charge in [-0.3, -0.25) is 14.2 Å². The van der Waals surface area contributed by atoms with E-state index in [0.717, 1.165) is 12.8 Å². The molecule has 2 aromatic rings. The number of esters is 2. The number of imidazole rings is 1. The van der Waals surface area contributed by atoms with E-state index in [4.69, 9.17) is 19.9 Å². The lowest BCUT2D eigenvalue weighted by atomic mass is 10.2. The zero-order valence-corrected chi connectivity index (χ0v) is 23.3. The SMILES string of the molecule is CCCOC(=O)C(CC)NP(=O)(COCCn1cnc2c(NC3CC3)nc(N)nc21)NC(C)C(=O)OCC. The molecular weight excluding hydrogens is 515 g/mol. The number of nitrogens with two attached hydrogens (primary N) is 1. The van der Waals surface area contributed by atoms with Crippen LogP contribution in [0.3, 0.4) is 0 Å². The number of hydrogen-bond donors (Lipinski definition) is 4. The van der Waals surface area contributed by atoms with E-state index in [9.17, 15) is 14.2 Å². The molecule has 0 spiro atoms. The summed E-state index contributed by atoms with van der Waals surface area (Å²) in [4.78, 5) is 37.6. The van der Waals surface area contributed by atoms with Gasteiger partial charge in [-0.25, -0.2) is 15.2 Å². The van der Waals surface area contributed by atoms with Crippen LogP contribution in [0.2, 0.25) is 0 Å². The fourth-order valence-electron chi connectivity index (χ4n) is 3.61. The van der Waals surface area contributed by atoms with Crippen molar-refractivity contribution in [3.8, 4) is 0 Å². The molecule has 0 radical (unpaired) electrons. The zero-order valence-electron chi connectivity index (χ0n) is 22.4. The van der Waals surface area contributed by atoms with E-state index < -0.39 is 31.5 Å². The summed E-state index contributed by atoms with van der Waals surface area (Å²) in [7, 11) is -3.60. The number of nitrogens with one attached hydrogen (secondary N) is 3. The monoisotopic (exact) mass is 554 g/mol. The standard InChI is InChI=1S/C23H39N8O6P/c1-5-11-37-22(33)17(6-2)30-38(34,29-15(4)21(32)36-7-3)14-35-12-10-31-13-25-18-19(26-16-8-9-16)27-23(24)28-20(18)31/h13,15-17H,5-12,14H2,1-4H3,(H2,29,30,34)(H3,24,26,27,28). The highest BCUT2D eigenvalue weighted by Crippen LogP contribution is 2.38. The van der Waals surface area contributed by atoms with Gasteiger partial charge in [0.1, 0.15) is 18.4 Å². The molecule has 0 amide bonds. The Balaban J connectivity index is 1.66. The second-order valence-electron chi connectivity index (χ2n) is 9.10. The summed E-state index contributed by atoms with van der Waals surface area (Å²) in [5.74, 6) is -0.345. The van der Waals surface area contributed by atoms with Crippen molar-refractivity contribution in [1.29, 1.82) is 0 Å². The molecule has 14 nitrogen and oxygen atoms in total. The Bertz CT molecular complexity index is 1140. The van der Waals surface area contributed by atoms with E-state index in [-0.39, 0.29) is 32.1 Å². The second-order valence-corrected chi connectivity index (χ2v) is 11.4. The maximum Gasteiger partial charge on any atom is 0.323 e. The number of aromatic nitrogens is 4. The molecule has 1 aliphatic rings. The van der Waals surface area contributed by atoms with Crippen LogP contribution >= 0.6 is 7.44 Å². The molecule has 1 aliphatic carbocycles. The summed E-state index contributed by atoms with van der Waals surface area (Å²) in [5, 5.41) is 8.95. The topological polar surface area (TPSA) is 185 Å². The number of rotatable bonds is 17. The summed E-state index contributed by atoms with van der Waals surface area (Å²) >= 11 is 0. The van der Waals surface area contributed by atoms with Gasteiger partial charge in [-0.05, 0) is 39.5 Å². The molecule has 15 heteroatoms. The molecule has 38 heavy (non-hydrogen) atoms. The highest BCUT2D eigenvalue weighted by molar-refractivity contribution is 7.59. The van der Waals surface area contributed by atoms with Crippen LogP contribution in [-0.2, 0) is 34.9 Å². The Morgan fingerprint density at radius 2 is 1.92 bits per heavy atom. The molecule has 2 heterocycles. The van der Waals surface area contributed by atoms with E-state index in [0.29, 0.717) is 42.4 Å². The first-order chi connectivity index (χ1) is 18.2. The highest BCUT2D eigenvalue weighted by atomic mass is 31.2. The first kappa shape index (κ1) is 29.8. The van der Waals surface area contributed by atoms with Crippen LogP contribution in [0.4, 0.5) is 11.8 Å². The first-order valence-electron chi connectivity index (χ1n) is 13.0. The van der Waals surface area contributed by atoms with Crippen LogP contribution in [0.15, 0.2) is 6.33 Å². The molecule has 1 saturated carbocycles. The maximum atomic E-state index is 13.8. The number of carbonyl (C=O) groups is 2. The smallest absolute Gasteiger partial charge is 0.323 e. The Hall–Kier alpha value is -2.80. The molecule has 212 valence electrons. The molecule has 1 fully saturated rings. The summed E-state index contributed by atoms with van der Waals surface area (Å²) in [6.07, 6.45) is 4.49. The maximum absolute atomic E-state index is 13.8. The van der Waals surface area contributed by atoms with Crippen LogP contribution in [0.25, 0.3) is 11.2 Å². The summed E-state index contributed by atoms with van der Waals surface area (Å²) < 4.78 is 31.6. The molecule has 3 rings (SSSR count). The average molecular weight is 555 g/mol. The first-order valence-corrected chi connectivity index (χ1v) is 14.9. The number of fused-ring (bicyclic) bond motifs is 1. The summed E-state index contributed by atoms with van der Waals surface area (Å²) in [5.41, 5.74) is 7.07. The molecule has 3 atom stereocenters. The number of nitrogen functional groups attached to an aromatic ring is 1. The van der Waals surface area contributed by atoms with E-state index in [1.807, 2.05) is 6.92 Å². The predicted molar refractivity (Wildman–Crippen MR) is 143 cm³/mol. The van der Waals surface area contributed by atoms with Gasteiger partial charge in [-0.15, -0.1) is 0 Å². The third-order valence-electron chi connectivity index (χ3n) is 5.70. The molecular formula is C23H39N8O6P. The van der Waals surface area contributed by atoms with Crippen molar-refractivity contribution in [2.75, 3.05) is 37.2 Å². The van der Waals surface area contributed by atoms with Crippen LogP contribution < -0.4 is 21.2 Å². The fourth-order valence-corrected chi connectivity index (χ4v) is 5.74. The van der Waals surface area contributed by atoms with Gasteiger partial charge in [0.25, 0.3) is 0 Å². The van der Waals surface area contributed by atoms with Crippen molar-refractivity contribution in [3.05, 3.63) is 6.33 Å². The quantitative estimate of drug-likeness (QED) is 0.127. The molecule has 0 aromatic carbocycles. The van der Waals surface area contributed by atoms with Crippen molar-refractivity contribution in [2.45, 2.75) is 78.0 Å². The molecule has 0 aliphatic heterocycles. The van der Waals surface area contributed by atoms with Gasteiger partial charge in [0.05, 0.1) is 26.1 Å². The van der Waals surface area contributed by atoms with Crippen molar-refractivity contribution in [3.63, 3.8) is 0 Å². The van der Waals surface area contributed by atoms with Gasteiger partial charge in [-0.1, -0.05) is 13.8 Å². The Kier molecular flexibility index (Phi) is 10.8. The number of hydrogen-bond acceptors (Lipinski definition) is 11. The van der Waals surface area contributed by atoms with Gasteiger partial charge >= 0.3 is 11.9 Å². The molecule has 0 bridgehead atoms. The Labute approximate surface area is 222 Å². The van der Waals surface area contributed by atoms with Gasteiger partial charge in [0.2, 0.25) is 13.4 Å². The highest BCUT2D eigenvalue weighted by Gasteiger charge is 2.33. The minimum atomic E-state index is -3.60. The molecule has 0 saturated heterocycles. The van der Waals surface area contributed by atoms with E-state index in [1.54, 1.807) is 24.7 Å². The number of carbonyl (C=O) groups excluding carboxylic acids is 2. The Morgan fingerprint density at radius 1 is 1.16 bits per heavy atom. The predicted octanol–water partition coefficient (Wildman–Crippen LogP) is 2.01. The van der Waals surface area contributed by atoms with Gasteiger partial charge < -0.3 is 29.8 Å². The summed E-state index contributed by atoms with van der Waals surface area (Å²) in [6.45, 7) is 7.83. The van der Waals surface area contributed by atoms with E-state index in [2.05, 4.69) is 30.4 Å². The molecule has 2 aromatic heterocycles. The Morgan fingerprint density at radius 3 is 2.58 bits per heavy atom. The number of nitrogens with zero attached hydrogens (tertiary/aromatic N) is 4. The lowest BCUT2D eigenvalue weighted by Crippen LogP contribution is -2.43. The van der Waals surface area contributed by atoms with Crippen molar-refractivity contribution < 1.29 is 28.4 Å². The van der Waals surface area contributed by atoms with Crippen LogP contribution in [0, 0.1) is 0 Å². The van der Waals surface area contributed by atoms with Crippen molar-refractivity contribution >= 4 is 42.3 Å². The fraction of sp³-hybridized carbons (Fsp3) is 0.696. The van der Waals surface area contributed by atoms with Crippen LogP contribution in [0.1, 0.15) is 53.4 Å². The van der Waals surface area contributed by atoms with Crippen LogP contribution in [0.5, 0.6) is 0 Å². The van der Waals surface area contributed by atoms with Gasteiger partial charge in [0, 0.05) is 12.6 Å². The van der Waals surface area contributed by atoms with Crippen molar-refractivity contribution in [2.24, 2.45) is 0 Å². The third-order valence-corrected chi connectivity index (χ3v) is 7.78. The molecule has 3 unspecified atom stereocenters. The van der Waals surface area contributed by atoms with Crippen molar-refractivity contribution in [1.82, 2.24) is 29.7 Å². The number of anilines is 2. The minimum Gasteiger partial charge on any atom is -0.465 e. The van der Waals surface area contributed by atoms with E-state index >= 15 is 0 Å². The van der Waals surface area contributed by atoms with Crippen LogP contribution in [-0.4, -0.2) is 75.8 Å². The third kappa shape index (κ3) is 8.35. The number of ether oxygens (including phenoxy) is 3. The van der Waals surface area contributed by atoms with Gasteiger partial charge in [-0.2, -0.15) is 9.97 Å². The zero-order chi connectivity index (χ0) is 27.7. The normalized spacial score (nSPS) is 16.5.